The Balaban J connectivity index is 2.78. The predicted octanol–water partition coefficient (Wildman–Crippen LogP) is 2.96. The van der Waals surface area contributed by atoms with E-state index in [2.05, 4.69) is 5.16 Å². The van der Waals surface area contributed by atoms with Gasteiger partial charge in [0, 0.05) is 11.3 Å². The van der Waals surface area contributed by atoms with Crippen molar-refractivity contribution < 1.29 is 19.5 Å². The standard InChI is InChI=1S/C13H15NO4S2/c1-17-14-8-4-5-18-11-9(19-2)6-7(13(15)16)12(20-3)10(8)11/h6H,4-5H2,1-3H3,(H,15,16). The summed E-state index contributed by atoms with van der Waals surface area (Å²) in [6, 6.07) is 1.66. The fourth-order valence-corrected chi connectivity index (χ4v) is 3.49. The molecule has 108 valence electrons. The van der Waals surface area contributed by atoms with Crippen LogP contribution in [0.3, 0.4) is 0 Å². The van der Waals surface area contributed by atoms with Crippen molar-refractivity contribution in [2.45, 2.75) is 16.2 Å². The second-order valence-electron chi connectivity index (χ2n) is 3.99. The highest BCUT2D eigenvalue weighted by Gasteiger charge is 2.28. The SMILES string of the molecule is CON=C1CCOc2c(SC)cc(C(=O)O)c(SC)c21. The molecule has 1 N–H and O–H groups in total. The van der Waals surface area contributed by atoms with Crippen LogP contribution in [0.1, 0.15) is 22.3 Å². The normalized spacial score (nSPS) is 15.7. The summed E-state index contributed by atoms with van der Waals surface area (Å²) in [6.45, 7) is 0.517. The number of hydrogen-bond acceptors (Lipinski definition) is 6. The van der Waals surface area contributed by atoms with Crippen molar-refractivity contribution in [3.05, 3.63) is 17.2 Å². The molecule has 1 aromatic carbocycles. The van der Waals surface area contributed by atoms with E-state index in [1.54, 1.807) is 6.07 Å². The third-order valence-electron chi connectivity index (χ3n) is 2.93. The number of nitrogens with zero attached hydrogens (tertiary/aromatic N) is 1. The quantitative estimate of drug-likeness (QED) is 0.681. The molecule has 0 aliphatic carbocycles. The molecule has 0 amide bonds. The lowest BCUT2D eigenvalue weighted by Gasteiger charge is -2.24. The Morgan fingerprint density at radius 3 is 2.75 bits per heavy atom. The zero-order valence-electron chi connectivity index (χ0n) is 11.4. The van der Waals surface area contributed by atoms with Gasteiger partial charge >= 0.3 is 5.97 Å². The molecule has 0 saturated carbocycles. The van der Waals surface area contributed by atoms with E-state index in [1.807, 2.05) is 12.5 Å². The second kappa shape index (κ2) is 6.41. The number of carbonyl (C=O) groups is 1. The van der Waals surface area contributed by atoms with Crippen molar-refractivity contribution in [2.24, 2.45) is 5.16 Å². The Hall–Kier alpha value is -1.34. The highest BCUT2D eigenvalue weighted by Crippen LogP contribution is 2.42. The van der Waals surface area contributed by atoms with Gasteiger partial charge in [0.05, 0.1) is 28.3 Å². The van der Waals surface area contributed by atoms with Crippen LogP contribution in [-0.4, -0.2) is 43.0 Å². The average molecular weight is 313 g/mol. The van der Waals surface area contributed by atoms with E-state index in [0.717, 1.165) is 16.2 Å². The molecule has 20 heavy (non-hydrogen) atoms. The fourth-order valence-electron chi connectivity index (χ4n) is 2.13. The Bertz CT molecular complexity index is 572. The molecular weight excluding hydrogens is 298 g/mol. The Kier molecular flexibility index (Phi) is 4.82. The van der Waals surface area contributed by atoms with E-state index in [1.165, 1.54) is 30.6 Å². The zero-order valence-corrected chi connectivity index (χ0v) is 13.1. The molecular formula is C13H15NO4S2. The number of benzene rings is 1. The third-order valence-corrected chi connectivity index (χ3v) is 4.50. The van der Waals surface area contributed by atoms with Gasteiger partial charge in [0.1, 0.15) is 12.9 Å². The first-order chi connectivity index (χ1) is 9.63. The minimum atomic E-state index is -0.949. The van der Waals surface area contributed by atoms with Crippen molar-refractivity contribution in [3.8, 4) is 5.75 Å². The summed E-state index contributed by atoms with van der Waals surface area (Å²) in [5.74, 6) is -0.247. The monoisotopic (exact) mass is 313 g/mol. The highest BCUT2D eigenvalue weighted by molar-refractivity contribution is 7.99. The lowest BCUT2D eigenvalue weighted by molar-refractivity contribution is 0.0692. The molecule has 1 aliphatic rings. The van der Waals surface area contributed by atoms with Crippen molar-refractivity contribution in [1.82, 2.24) is 0 Å². The summed E-state index contributed by atoms with van der Waals surface area (Å²) >= 11 is 2.84. The summed E-state index contributed by atoms with van der Waals surface area (Å²) in [4.78, 5) is 17.8. The van der Waals surface area contributed by atoms with Gasteiger partial charge in [-0.15, -0.1) is 23.5 Å². The smallest absolute Gasteiger partial charge is 0.336 e. The summed E-state index contributed by atoms with van der Waals surface area (Å²) < 4.78 is 5.74. The van der Waals surface area contributed by atoms with Crippen LogP contribution in [0.5, 0.6) is 5.75 Å². The molecule has 0 saturated heterocycles. The first-order valence-corrected chi connectivity index (χ1v) is 8.34. The molecule has 0 radical (unpaired) electrons. The molecule has 0 atom stereocenters. The molecule has 0 aromatic heterocycles. The molecule has 2 rings (SSSR count). The van der Waals surface area contributed by atoms with Crippen LogP contribution in [-0.2, 0) is 4.84 Å². The van der Waals surface area contributed by atoms with Crippen molar-refractivity contribution >= 4 is 35.2 Å². The number of hydrogen-bond donors (Lipinski definition) is 1. The van der Waals surface area contributed by atoms with E-state index in [-0.39, 0.29) is 5.56 Å². The van der Waals surface area contributed by atoms with Gasteiger partial charge in [0.25, 0.3) is 0 Å². The lowest BCUT2D eigenvalue weighted by atomic mass is 10.0. The number of fused-ring (bicyclic) bond motifs is 1. The molecule has 0 spiro atoms. The number of oxime groups is 1. The average Bonchev–Trinajstić information content (AvgIpc) is 2.45. The minimum Gasteiger partial charge on any atom is -0.491 e. The van der Waals surface area contributed by atoms with Crippen LogP contribution in [0.2, 0.25) is 0 Å². The van der Waals surface area contributed by atoms with Crippen molar-refractivity contribution in [1.29, 1.82) is 0 Å². The van der Waals surface area contributed by atoms with E-state index in [9.17, 15) is 9.90 Å². The second-order valence-corrected chi connectivity index (χ2v) is 5.65. The maximum absolute atomic E-state index is 11.5. The number of rotatable bonds is 4. The summed E-state index contributed by atoms with van der Waals surface area (Å²) in [6.07, 6.45) is 4.34. The Morgan fingerprint density at radius 2 is 2.20 bits per heavy atom. The van der Waals surface area contributed by atoms with Crippen LogP contribution >= 0.6 is 23.5 Å². The maximum Gasteiger partial charge on any atom is 0.336 e. The summed E-state index contributed by atoms with van der Waals surface area (Å²) in [5.41, 5.74) is 1.75. The summed E-state index contributed by atoms with van der Waals surface area (Å²) in [5, 5.41) is 13.4. The molecule has 7 heteroatoms. The van der Waals surface area contributed by atoms with Gasteiger partial charge in [0.2, 0.25) is 0 Å². The van der Waals surface area contributed by atoms with Crippen LogP contribution in [0.15, 0.2) is 21.0 Å². The van der Waals surface area contributed by atoms with Crippen LogP contribution < -0.4 is 4.74 Å². The van der Waals surface area contributed by atoms with Crippen molar-refractivity contribution in [3.63, 3.8) is 0 Å². The number of ether oxygens (including phenoxy) is 1. The number of carboxylic acid groups (broad SMARTS) is 1. The van der Waals surface area contributed by atoms with Gasteiger partial charge in [0.15, 0.2) is 0 Å². The van der Waals surface area contributed by atoms with Crippen LogP contribution in [0, 0.1) is 0 Å². The van der Waals surface area contributed by atoms with Crippen LogP contribution in [0.4, 0.5) is 0 Å². The molecule has 0 unspecified atom stereocenters. The Morgan fingerprint density at radius 1 is 1.45 bits per heavy atom. The van der Waals surface area contributed by atoms with Gasteiger partial charge in [-0.2, -0.15) is 0 Å². The van der Waals surface area contributed by atoms with E-state index < -0.39 is 5.97 Å². The van der Waals surface area contributed by atoms with E-state index in [4.69, 9.17) is 9.57 Å². The van der Waals surface area contributed by atoms with Gasteiger partial charge in [-0.1, -0.05) is 5.16 Å². The lowest BCUT2D eigenvalue weighted by Crippen LogP contribution is -2.20. The number of carboxylic acids is 1. The topological polar surface area (TPSA) is 68.1 Å². The van der Waals surface area contributed by atoms with Crippen molar-refractivity contribution in [2.75, 3.05) is 26.2 Å². The fraction of sp³-hybridized carbons (Fsp3) is 0.385. The zero-order chi connectivity index (χ0) is 14.7. The number of aromatic carboxylic acids is 1. The molecule has 1 heterocycles. The van der Waals surface area contributed by atoms with Gasteiger partial charge < -0.3 is 14.7 Å². The molecule has 0 fully saturated rings. The highest BCUT2D eigenvalue weighted by atomic mass is 32.2. The van der Waals surface area contributed by atoms with Gasteiger partial charge in [-0.05, 0) is 18.6 Å². The van der Waals surface area contributed by atoms with Gasteiger partial charge in [-0.3, -0.25) is 0 Å². The summed E-state index contributed by atoms with van der Waals surface area (Å²) in [7, 11) is 1.48. The Labute approximate surface area is 125 Å². The minimum absolute atomic E-state index is 0.273. The first kappa shape index (κ1) is 15.1. The van der Waals surface area contributed by atoms with E-state index in [0.29, 0.717) is 23.7 Å². The van der Waals surface area contributed by atoms with Crippen LogP contribution in [0.25, 0.3) is 0 Å². The number of thioether (sulfide) groups is 2. The molecule has 0 bridgehead atoms. The third kappa shape index (κ3) is 2.60. The van der Waals surface area contributed by atoms with E-state index >= 15 is 0 Å². The largest absolute Gasteiger partial charge is 0.491 e. The maximum atomic E-state index is 11.5. The first-order valence-electron chi connectivity index (χ1n) is 5.89. The predicted molar refractivity (Wildman–Crippen MR) is 80.6 cm³/mol. The molecule has 5 nitrogen and oxygen atoms in total. The van der Waals surface area contributed by atoms with Gasteiger partial charge in [-0.25, -0.2) is 4.79 Å². The molecule has 1 aliphatic heterocycles. The molecule has 1 aromatic rings.